The van der Waals surface area contributed by atoms with Crippen molar-refractivity contribution in [3.8, 4) is 0 Å². The first-order chi connectivity index (χ1) is 9.38. The van der Waals surface area contributed by atoms with E-state index in [9.17, 15) is 9.18 Å². The van der Waals surface area contributed by atoms with Gasteiger partial charge >= 0.3 is 0 Å². The maximum atomic E-state index is 13.0. The lowest BCUT2D eigenvalue weighted by molar-refractivity contribution is -0.117. The molecule has 3 nitrogen and oxygen atoms in total. The van der Waals surface area contributed by atoms with Gasteiger partial charge in [0.15, 0.2) is 0 Å². The van der Waals surface area contributed by atoms with Gasteiger partial charge in [-0.3, -0.25) is 9.48 Å². The number of carbonyl (C=O) groups is 1. The summed E-state index contributed by atoms with van der Waals surface area (Å²) in [5.74, 6) is -0.404. The number of halogens is 3. The largest absolute Gasteiger partial charge is 0.299 e. The number of benzene rings is 1. The summed E-state index contributed by atoms with van der Waals surface area (Å²) in [7, 11) is 1.80. The summed E-state index contributed by atoms with van der Waals surface area (Å²) in [5, 5.41) is 4.52. The first kappa shape index (κ1) is 15.2. The molecule has 0 bridgehead atoms. The Kier molecular flexibility index (Phi) is 4.60. The number of ketones is 1. The van der Waals surface area contributed by atoms with Gasteiger partial charge in [-0.2, -0.15) is 5.10 Å². The average Bonchev–Trinajstić information content (AvgIpc) is 2.60. The van der Waals surface area contributed by atoms with Crippen LogP contribution >= 0.6 is 27.5 Å². The maximum Gasteiger partial charge on any atom is 0.143 e. The predicted octanol–water partition coefficient (Wildman–Crippen LogP) is 3.64. The number of carbonyl (C=O) groups excluding carboxylic acids is 1. The molecule has 2 aromatic rings. The Morgan fingerprint density at radius 3 is 2.70 bits per heavy atom. The molecule has 1 aromatic carbocycles. The van der Waals surface area contributed by atoms with Crippen LogP contribution in [0.15, 0.2) is 22.7 Å². The van der Waals surface area contributed by atoms with Crippen molar-refractivity contribution >= 4 is 33.3 Å². The van der Waals surface area contributed by atoms with Gasteiger partial charge in [0, 0.05) is 24.9 Å². The SMILES string of the molecule is Cc1nn(C)c(CC(=O)Cc2ccc(F)cc2Cl)c1Br. The van der Waals surface area contributed by atoms with Crippen LogP contribution in [0.3, 0.4) is 0 Å². The Bertz CT molecular complexity index is 669. The highest BCUT2D eigenvalue weighted by Crippen LogP contribution is 2.22. The fraction of sp³-hybridized carbons (Fsp3) is 0.286. The van der Waals surface area contributed by atoms with Crippen LogP contribution in [0, 0.1) is 12.7 Å². The van der Waals surface area contributed by atoms with Crippen LogP contribution in [0.25, 0.3) is 0 Å². The first-order valence-electron chi connectivity index (χ1n) is 6.02. The number of aromatic nitrogens is 2. The zero-order valence-corrected chi connectivity index (χ0v) is 13.4. The molecule has 1 heterocycles. The summed E-state index contributed by atoms with van der Waals surface area (Å²) >= 11 is 9.35. The Labute approximate surface area is 129 Å². The molecule has 0 atom stereocenters. The predicted molar refractivity (Wildman–Crippen MR) is 79.5 cm³/mol. The lowest BCUT2D eigenvalue weighted by atomic mass is 10.1. The molecule has 0 N–H and O–H groups in total. The number of hydrogen-bond donors (Lipinski definition) is 0. The molecule has 106 valence electrons. The van der Waals surface area contributed by atoms with Crippen molar-refractivity contribution in [3.63, 3.8) is 0 Å². The van der Waals surface area contributed by atoms with Crippen LogP contribution in [-0.4, -0.2) is 15.6 Å². The number of nitrogens with zero attached hydrogens (tertiary/aromatic N) is 2. The average molecular weight is 360 g/mol. The fourth-order valence-electron chi connectivity index (χ4n) is 2.00. The zero-order valence-electron chi connectivity index (χ0n) is 11.1. The molecule has 0 spiro atoms. The molecule has 0 saturated carbocycles. The van der Waals surface area contributed by atoms with E-state index in [2.05, 4.69) is 21.0 Å². The highest BCUT2D eigenvalue weighted by atomic mass is 79.9. The molecular formula is C14H13BrClFN2O. The van der Waals surface area contributed by atoms with Gasteiger partial charge in [-0.05, 0) is 40.5 Å². The van der Waals surface area contributed by atoms with Gasteiger partial charge in [0.25, 0.3) is 0 Å². The number of hydrogen-bond acceptors (Lipinski definition) is 2. The van der Waals surface area contributed by atoms with Crippen molar-refractivity contribution in [2.24, 2.45) is 7.05 Å². The van der Waals surface area contributed by atoms with E-state index in [1.54, 1.807) is 17.8 Å². The Hall–Kier alpha value is -1.20. The van der Waals surface area contributed by atoms with Gasteiger partial charge in [0.2, 0.25) is 0 Å². The first-order valence-corrected chi connectivity index (χ1v) is 7.19. The second-order valence-corrected chi connectivity index (χ2v) is 5.80. The summed E-state index contributed by atoms with van der Waals surface area (Å²) in [6.07, 6.45) is 0.432. The monoisotopic (exact) mass is 358 g/mol. The molecule has 0 aliphatic carbocycles. The molecule has 0 radical (unpaired) electrons. The van der Waals surface area contributed by atoms with Crippen LogP contribution in [0.5, 0.6) is 0 Å². The van der Waals surface area contributed by atoms with E-state index in [-0.39, 0.29) is 23.6 Å². The molecule has 2 rings (SSSR count). The minimum absolute atomic E-state index is 0.00204. The van der Waals surface area contributed by atoms with Gasteiger partial charge < -0.3 is 0 Å². The molecular weight excluding hydrogens is 347 g/mol. The molecule has 6 heteroatoms. The maximum absolute atomic E-state index is 13.0. The van der Waals surface area contributed by atoms with E-state index < -0.39 is 5.82 Å². The second-order valence-electron chi connectivity index (χ2n) is 4.60. The van der Waals surface area contributed by atoms with Gasteiger partial charge in [-0.1, -0.05) is 17.7 Å². The minimum atomic E-state index is -0.406. The number of rotatable bonds is 4. The highest BCUT2D eigenvalue weighted by Gasteiger charge is 2.15. The molecule has 0 aliphatic heterocycles. The number of aryl methyl sites for hydroxylation is 2. The van der Waals surface area contributed by atoms with Gasteiger partial charge in [-0.25, -0.2) is 4.39 Å². The van der Waals surface area contributed by atoms with Crippen molar-refractivity contribution in [1.29, 1.82) is 0 Å². The zero-order chi connectivity index (χ0) is 14.9. The summed E-state index contributed by atoms with van der Waals surface area (Å²) in [5.41, 5.74) is 2.30. The lowest BCUT2D eigenvalue weighted by Gasteiger charge is -2.05. The summed E-state index contributed by atoms with van der Waals surface area (Å²) in [6.45, 7) is 1.87. The highest BCUT2D eigenvalue weighted by molar-refractivity contribution is 9.10. The summed E-state index contributed by atoms with van der Waals surface area (Å²) in [6, 6.07) is 4.06. The van der Waals surface area contributed by atoms with Crippen molar-refractivity contribution in [2.75, 3.05) is 0 Å². The van der Waals surface area contributed by atoms with Crippen LogP contribution in [0.4, 0.5) is 4.39 Å². The molecule has 0 unspecified atom stereocenters. The molecule has 0 fully saturated rings. The fourth-order valence-corrected chi connectivity index (χ4v) is 2.71. The number of Topliss-reactive ketones (excluding diaryl/α,β-unsaturated/α-hetero) is 1. The van der Waals surface area contributed by atoms with E-state index in [4.69, 9.17) is 11.6 Å². The van der Waals surface area contributed by atoms with Gasteiger partial charge in [0.1, 0.15) is 11.6 Å². The van der Waals surface area contributed by atoms with Crippen molar-refractivity contribution in [3.05, 3.63) is 50.5 Å². The van der Waals surface area contributed by atoms with Crippen LogP contribution in [-0.2, 0) is 24.7 Å². The van der Waals surface area contributed by atoms with Crippen molar-refractivity contribution < 1.29 is 9.18 Å². The summed E-state index contributed by atoms with van der Waals surface area (Å²) in [4.78, 5) is 12.1. The minimum Gasteiger partial charge on any atom is -0.299 e. The van der Waals surface area contributed by atoms with Crippen LogP contribution in [0.1, 0.15) is 17.0 Å². The van der Waals surface area contributed by atoms with Crippen LogP contribution < -0.4 is 0 Å². The molecule has 0 aliphatic rings. The van der Waals surface area contributed by atoms with E-state index in [0.29, 0.717) is 5.56 Å². The Morgan fingerprint density at radius 2 is 2.15 bits per heavy atom. The summed E-state index contributed by atoms with van der Waals surface area (Å²) < 4.78 is 15.5. The smallest absolute Gasteiger partial charge is 0.143 e. The van der Waals surface area contributed by atoms with E-state index >= 15 is 0 Å². The second kappa shape index (κ2) is 6.06. The van der Waals surface area contributed by atoms with Gasteiger partial charge in [-0.15, -0.1) is 0 Å². The van der Waals surface area contributed by atoms with Crippen molar-refractivity contribution in [2.45, 2.75) is 19.8 Å². The quantitative estimate of drug-likeness (QED) is 0.835. The molecule has 0 saturated heterocycles. The van der Waals surface area contributed by atoms with E-state index in [1.807, 2.05) is 6.92 Å². The molecule has 1 aromatic heterocycles. The van der Waals surface area contributed by atoms with E-state index in [0.717, 1.165) is 15.9 Å². The standard InChI is InChI=1S/C14H13BrClFN2O/c1-8-14(15)13(19(2)18-8)7-11(20)5-9-3-4-10(17)6-12(9)16/h3-4,6H,5,7H2,1-2H3. The molecule has 20 heavy (non-hydrogen) atoms. The molecule has 0 amide bonds. The Balaban J connectivity index is 2.13. The topological polar surface area (TPSA) is 34.9 Å². The lowest BCUT2D eigenvalue weighted by Crippen LogP contribution is -2.11. The third-order valence-electron chi connectivity index (χ3n) is 3.03. The third kappa shape index (κ3) is 3.27. The van der Waals surface area contributed by atoms with Crippen molar-refractivity contribution in [1.82, 2.24) is 9.78 Å². The van der Waals surface area contributed by atoms with E-state index in [1.165, 1.54) is 12.1 Å². The Morgan fingerprint density at radius 1 is 1.45 bits per heavy atom. The van der Waals surface area contributed by atoms with Crippen LogP contribution in [0.2, 0.25) is 5.02 Å². The van der Waals surface area contributed by atoms with Gasteiger partial charge in [0.05, 0.1) is 15.9 Å². The normalized spacial score (nSPS) is 10.8. The third-order valence-corrected chi connectivity index (χ3v) is 4.41.